The number of carbonyl (C=O) groups is 2. The standard InChI is InChI=1S/C17H30N2O2/c1-2-3-11-18-16(20)14-7-9-15(10-8-14)17(21)19-12-5-4-6-13-19/h14-15H,2-13H2,1H3,(H,18,20). The van der Waals surface area contributed by atoms with Crippen LogP contribution in [0.15, 0.2) is 0 Å². The zero-order valence-electron chi connectivity index (χ0n) is 13.4. The number of nitrogens with one attached hydrogen (secondary N) is 1. The van der Waals surface area contributed by atoms with Crippen molar-refractivity contribution in [2.45, 2.75) is 64.7 Å². The number of hydrogen-bond acceptors (Lipinski definition) is 2. The van der Waals surface area contributed by atoms with Crippen molar-refractivity contribution in [1.82, 2.24) is 10.2 Å². The van der Waals surface area contributed by atoms with Gasteiger partial charge in [-0.2, -0.15) is 0 Å². The minimum Gasteiger partial charge on any atom is -0.356 e. The van der Waals surface area contributed by atoms with Crippen LogP contribution in [0.25, 0.3) is 0 Å². The summed E-state index contributed by atoms with van der Waals surface area (Å²) in [7, 11) is 0. The van der Waals surface area contributed by atoms with Crippen LogP contribution in [0.5, 0.6) is 0 Å². The highest BCUT2D eigenvalue weighted by molar-refractivity contribution is 5.81. The maximum atomic E-state index is 12.5. The first-order chi connectivity index (χ1) is 10.2. The summed E-state index contributed by atoms with van der Waals surface area (Å²) in [5.74, 6) is 0.849. The average molecular weight is 294 g/mol. The van der Waals surface area contributed by atoms with Gasteiger partial charge in [0, 0.05) is 31.5 Å². The maximum absolute atomic E-state index is 12.5. The Labute approximate surface area is 128 Å². The number of likely N-dealkylation sites (tertiary alicyclic amines) is 1. The van der Waals surface area contributed by atoms with Gasteiger partial charge < -0.3 is 10.2 Å². The van der Waals surface area contributed by atoms with Crippen LogP contribution >= 0.6 is 0 Å². The second-order valence-electron chi connectivity index (χ2n) is 6.58. The molecule has 0 aromatic carbocycles. The molecule has 2 rings (SSSR count). The fourth-order valence-electron chi connectivity index (χ4n) is 3.51. The summed E-state index contributed by atoms with van der Waals surface area (Å²) in [6.07, 6.45) is 9.26. The summed E-state index contributed by atoms with van der Waals surface area (Å²) in [5.41, 5.74) is 0. The van der Waals surface area contributed by atoms with Crippen molar-refractivity contribution < 1.29 is 9.59 Å². The van der Waals surface area contributed by atoms with Gasteiger partial charge in [-0.05, 0) is 51.4 Å². The topological polar surface area (TPSA) is 49.4 Å². The molecule has 0 atom stereocenters. The molecule has 0 aromatic rings. The molecule has 0 aromatic heterocycles. The number of amides is 2. The zero-order valence-corrected chi connectivity index (χ0v) is 13.4. The molecule has 21 heavy (non-hydrogen) atoms. The molecule has 1 aliphatic carbocycles. The van der Waals surface area contributed by atoms with Gasteiger partial charge >= 0.3 is 0 Å². The Bertz CT molecular complexity index is 343. The first kappa shape index (κ1) is 16.3. The average Bonchev–Trinajstić information content (AvgIpc) is 2.55. The molecule has 2 amide bonds. The third-order valence-electron chi connectivity index (χ3n) is 4.94. The highest BCUT2D eigenvalue weighted by atomic mass is 16.2. The largest absolute Gasteiger partial charge is 0.356 e. The Morgan fingerprint density at radius 2 is 1.62 bits per heavy atom. The van der Waals surface area contributed by atoms with Gasteiger partial charge in [0.05, 0.1) is 0 Å². The molecule has 4 nitrogen and oxygen atoms in total. The number of unbranched alkanes of at least 4 members (excludes halogenated alkanes) is 1. The lowest BCUT2D eigenvalue weighted by Crippen LogP contribution is -2.42. The maximum Gasteiger partial charge on any atom is 0.225 e. The SMILES string of the molecule is CCCCNC(=O)C1CCC(C(=O)N2CCCCC2)CC1. The molecule has 1 heterocycles. The summed E-state index contributed by atoms with van der Waals surface area (Å²) < 4.78 is 0. The van der Waals surface area contributed by atoms with Crippen molar-refractivity contribution in [1.29, 1.82) is 0 Å². The molecule has 4 heteroatoms. The van der Waals surface area contributed by atoms with Gasteiger partial charge in [-0.15, -0.1) is 0 Å². The molecular weight excluding hydrogens is 264 g/mol. The van der Waals surface area contributed by atoms with Crippen LogP contribution in [0.2, 0.25) is 0 Å². The van der Waals surface area contributed by atoms with Crippen LogP contribution in [0.1, 0.15) is 64.7 Å². The number of carbonyl (C=O) groups excluding carboxylic acids is 2. The van der Waals surface area contributed by atoms with Crippen molar-refractivity contribution in [2.24, 2.45) is 11.8 Å². The van der Waals surface area contributed by atoms with Gasteiger partial charge in [-0.25, -0.2) is 0 Å². The van der Waals surface area contributed by atoms with Gasteiger partial charge in [0.15, 0.2) is 0 Å². The first-order valence-corrected chi connectivity index (χ1v) is 8.79. The third kappa shape index (κ3) is 4.72. The van der Waals surface area contributed by atoms with Crippen molar-refractivity contribution >= 4 is 11.8 Å². The van der Waals surface area contributed by atoms with Crippen molar-refractivity contribution in [3.63, 3.8) is 0 Å². The number of piperidine rings is 1. The molecule has 0 bridgehead atoms. The molecule has 2 fully saturated rings. The summed E-state index contributed by atoms with van der Waals surface area (Å²) in [6, 6.07) is 0. The molecule has 1 N–H and O–H groups in total. The lowest BCUT2D eigenvalue weighted by atomic mass is 9.80. The molecule has 1 aliphatic heterocycles. The molecule has 0 unspecified atom stereocenters. The minimum atomic E-state index is 0.132. The van der Waals surface area contributed by atoms with E-state index in [1.165, 1.54) is 6.42 Å². The first-order valence-electron chi connectivity index (χ1n) is 8.79. The van der Waals surface area contributed by atoms with E-state index in [0.717, 1.165) is 71.0 Å². The molecule has 1 saturated carbocycles. The minimum absolute atomic E-state index is 0.132. The molecule has 1 saturated heterocycles. The lowest BCUT2D eigenvalue weighted by molar-refractivity contribution is -0.139. The van der Waals surface area contributed by atoms with E-state index in [9.17, 15) is 9.59 Å². The van der Waals surface area contributed by atoms with E-state index in [1.807, 2.05) is 0 Å². The van der Waals surface area contributed by atoms with E-state index in [-0.39, 0.29) is 17.7 Å². The Morgan fingerprint density at radius 1 is 1.00 bits per heavy atom. The summed E-state index contributed by atoms with van der Waals surface area (Å²) >= 11 is 0. The van der Waals surface area contributed by atoms with Crippen LogP contribution in [-0.4, -0.2) is 36.3 Å². The predicted octanol–water partition coefficient (Wildman–Crippen LogP) is 2.72. The number of hydrogen-bond donors (Lipinski definition) is 1. The van der Waals surface area contributed by atoms with Gasteiger partial charge in [-0.1, -0.05) is 13.3 Å². The lowest BCUT2D eigenvalue weighted by Gasteiger charge is -2.33. The highest BCUT2D eigenvalue weighted by Crippen LogP contribution is 2.30. The summed E-state index contributed by atoms with van der Waals surface area (Å²) in [4.78, 5) is 26.6. The summed E-state index contributed by atoms with van der Waals surface area (Å²) in [5, 5.41) is 3.03. The Balaban J connectivity index is 1.72. The molecule has 2 aliphatic rings. The van der Waals surface area contributed by atoms with E-state index >= 15 is 0 Å². The fourth-order valence-corrected chi connectivity index (χ4v) is 3.51. The zero-order chi connectivity index (χ0) is 15.1. The number of nitrogens with zero attached hydrogens (tertiary/aromatic N) is 1. The second kappa shape index (κ2) is 8.40. The van der Waals surface area contributed by atoms with Gasteiger partial charge in [0.2, 0.25) is 11.8 Å². The molecule has 0 radical (unpaired) electrons. The Kier molecular flexibility index (Phi) is 6.52. The van der Waals surface area contributed by atoms with Gasteiger partial charge in [-0.3, -0.25) is 9.59 Å². The van der Waals surface area contributed by atoms with E-state index in [2.05, 4.69) is 17.1 Å². The van der Waals surface area contributed by atoms with E-state index in [1.54, 1.807) is 0 Å². The van der Waals surface area contributed by atoms with Crippen molar-refractivity contribution in [3.8, 4) is 0 Å². The number of rotatable bonds is 5. The molecule has 0 spiro atoms. The predicted molar refractivity (Wildman–Crippen MR) is 83.8 cm³/mol. The van der Waals surface area contributed by atoms with Crippen LogP contribution in [0.3, 0.4) is 0 Å². The second-order valence-corrected chi connectivity index (χ2v) is 6.58. The Morgan fingerprint density at radius 3 is 2.24 bits per heavy atom. The third-order valence-corrected chi connectivity index (χ3v) is 4.94. The monoisotopic (exact) mass is 294 g/mol. The quantitative estimate of drug-likeness (QED) is 0.793. The fraction of sp³-hybridized carbons (Fsp3) is 0.882. The molecular formula is C17H30N2O2. The van der Waals surface area contributed by atoms with E-state index in [4.69, 9.17) is 0 Å². The summed E-state index contributed by atoms with van der Waals surface area (Å²) in [6.45, 7) is 4.80. The van der Waals surface area contributed by atoms with Gasteiger partial charge in [0.25, 0.3) is 0 Å². The van der Waals surface area contributed by atoms with Crippen LogP contribution < -0.4 is 5.32 Å². The van der Waals surface area contributed by atoms with Crippen molar-refractivity contribution in [2.75, 3.05) is 19.6 Å². The highest BCUT2D eigenvalue weighted by Gasteiger charge is 2.32. The van der Waals surface area contributed by atoms with Crippen LogP contribution in [0.4, 0.5) is 0 Å². The Hall–Kier alpha value is -1.06. The van der Waals surface area contributed by atoms with E-state index in [0.29, 0.717) is 5.91 Å². The van der Waals surface area contributed by atoms with Gasteiger partial charge in [0.1, 0.15) is 0 Å². The van der Waals surface area contributed by atoms with Crippen LogP contribution in [-0.2, 0) is 9.59 Å². The normalized spacial score (nSPS) is 26.4. The van der Waals surface area contributed by atoms with Crippen molar-refractivity contribution in [3.05, 3.63) is 0 Å². The smallest absolute Gasteiger partial charge is 0.225 e. The van der Waals surface area contributed by atoms with E-state index < -0.39 is 0 Å². The molecule has 120 valence electrons. The van der Waals surface area contributed by atoms with Crippen LogP contribution in [0, 0.1) is 11.8 Å².